The Bertz CT molecular complexity index is 538. The van der Waals surface area contributed by atoms with Crippen molar-refractivity contribution >= 4 is 27.3 Å². The van der Waals surface area contributed by atoms with Gasteiger partial charge in [-0.15, -0.1) is 11.3 Å². The Morgan fingerprint density at radius 3 is 2.74 bits per heavy atom. The molecule has 0 fully saturated rings. The lowest BCUT2D eigenvalue weighted by Crippen LogP contribution is -2.28. The normalized spacial score (nSPS) is 11.7. The second-order valence-corrected chi connectivity index (χ2v) is 6.67. The highest BCUT2D eigenvalue weighted by Crippen LogP contribution is 2.17. The number of hydrogen-bond acceptors (Lipinski definition) is 6. The number of carboxylic acids is 1. The van der Waals surface area contributed by atoms with Crippen LogP contribution < -0.4 is 4.72 Å². The summed E-state index contributed by atoms with van der Waals surface area (Å²) in [7, 11) is -3.43. The van der Waals surface area contributed by atoms with E-state index in [1.54, 1.807) is 13.8 Å². The molecule has 1 rings (SSSR count). The summed E-state index contributed by atoms with van der Waals surface area (Å²) in [6, 6.07) is 0. The molecule has 0 atom stereocenters. The Labute approximate surface area is 115 Å². The standard InChI is InChI=1S/C10H16N2O5S2/c1-3-17-4-5-19(15,16)11-6-8-12-7(2)9(18-8)10(13)14/h11H,3-6H2,1-2H3,(H,13,14). The average molecular weight is 308 g/mol. The Hall–Kier alpha value is -1.03. The molecule has 0 saturated carbocycles. The zero-order valence-corrected chi connectivity index (χ0v) is 12.3. The summed E-state index contributed by atoms with van der Waals surface area (Å²) in [5.41, 5.74) is 0.390. The summed E-state index contributed by atoms with van der Waals surface area (Å²) in [5.74, 6) is -1.18. The number of aryl methyl sites for hydroxylation is 1. The second-order valence-electron chi connectivity index (χ2n) is 3.66. The van der Waals surface area contributed by atoms with Crippen molar-refractivity contribution in [1.29, 1.82) is 0 Å². The van der Waals surface area contributed by atoms with Crippen LogP contribution in [0.4, 0.5) is 0 Å². The highest BCUT2D eigenvalue weighted by atomic mass is 32.2. The van der Waals surface area contributed by atoms with Crippen LogP contribution in [0.2, 0.25) is 0 Å². The van der Waals surface area contributed by atoms with Gasteiger partial charge in [0, 0.05) is 6.61 Å². The van der Waals surface area contributed by atoms with Crippen LogP contribution in [0.3, 0.4) is 0 Å². The lowest BCUT2D eigenvalue weighted by Gasteiger charge is -2.04. The molecule has 0 aromatic carbocycles. The molecule has 1 heterocycles. The minimum absolute atomic E-state index is 0.00670. The van der Waals surface area contributed by atoms with Gasteiger partial charge in [-0.1, -0.05) is 0 Å². The lowest BCUT2D eigenvalue weighted by atomic mass is 10.4. The SMILES string of the molecule is CCOCCS(=O)(=O)NCc1nc(C)c(C(=O)O)s1. The fourth-order valence-corrected chi connectivity index (χ4v) is 3.06. The number of hydrogen-bond donors (Lipinski definition) is 2. The summed E-state index contributed by atoms with van der Waals surface area (Å²) >= 11 is 0.968. The number of ether oxygens (including phenoxy) is 1. The first-order valence-electron chi connectivity index (χ1n) is 5.60. The molecule has 108 valence electrons. The van der Waals surface area contributed by atoms with E-state index in [0.717, 1.165) is 11.3 Å². The van der Waals surface area contributed by atoms with Crippen LogP contribution in [0.1, 0.15) is 27.3 Å². The molecule has 0 aliphatic carbocycles. The van der Waals surface area contributed by atoms with Gasteiger partial charge in [-0.2, -0.15) is 0 Å². The van der Waals surface area contributed by atoms with Gasteiger partial charge in [0.2, 0.25) is 10.0 Å². The molecule has 0 aliphatic heterocycles. The minimum atomic E-state index is -3.43. The number of nitrogens with one attached hydrogen (secondary N) is 1. The molecule has 0 spiro atoms. The summed E-state index contributed by atoms with van der Waals surface area (Å²) in [5, 5.41) is 9.29. The van der Waals surface area contributed by atoms with Crippen molar-refractivity contribution in [2.45, 2.75) is 20.4 Å². The van der Waals surface area contributed by atoms with Gasteiger partial charge in [0.15, 0.2) is 0 Å². The number of thiazole rings is 1. The number of sulfonamides is 1. The third-order valence-electron chi connectivity index (χ3n) is 2.18. The van der Waals surface area contributed by atoms with E-state index in [-0.39, 0.29) is 23.8 Å². The maximum atomic E-state index is 11.6. The van der Waals surface area contributed by atoms with E-state index >= 15 is 0 Å². The second kappa shape index (κ2) is 6.94. The summed E-state index contributed by atoms with van der Waals surface area (Å²) < 4.78 is 30.5. The van der Waals surface area contributed by atoms with Crippen molar-refractivity contribution in [3.63, 3.8) is 0 Å². The fourth-order valence-electron chi connectivity index (χ4n) is 1.28. The maximum absolute atomic E-state index is 11.6. The van der Waals surface area contributed by atoms with Crippen molar-refractivity contribution in [2.24, 2.45) is 0 Å². The van der Waals surface area contributed by atoms with Gasteiger partial charge in [-0.25, -0.2) is 22.9 Å². The van der Waals surface area contributed by atoms with E-state index in [4.69, 9.17) is 9.84 Å². The molecular formula is C10H16N2O5S2. The molecule has 0 saturated heterocycles. The van der Waals surface area contributed by atoms with Crippen molar-refractivity contribution < 1.29 is 23.1 Å². The molecule has 1 aromatic heterocycles. The number of carbonyl (C=O) groups is 1. The van der Waals surface area contributed by atoms with E-state index in [9.17, 15) is 13.2 Å². The third-order valence-corrected chi connectivity index (χ3v) is 4.61. The zero-order chi connectivity index (χ0) is 14.5. The van der Waals surface area contributed by atoms with Crippen molar-refractivity contribution in [2.75, 3.05) is 19.0 Å². The van der Waals surface area contributed by atoms with Crippen molar-refractivity contribution in [1.82, 2.24) is 9.71 Å². The number of rotatable bonds is 8. The first-order valence-corrected chi connectivity index (χ1v) is 8.07. The van der Waals surface area contributed by atoms with E-state index in [2.05, 4.69) is 9.71 Å². The Kier molecular flexibility index (Phi) is 5.85. The van der Waals surface area contributed by atoms with Crippen LogP contribution >= 0.6 is 11.3 Å². The number of nitrogens with zero attached hydrogens (tertiary/aromatic N) is 1. The van der Waals surface area contributed by atoms with Crippen molar-refractivity contribution in [3.05, 3.63) is 15.6 Å². The average Bonchev–Trinajstić information content (AvgIpc) is 2.69. The highest BCUT2D eigenvalue weighted by molar-refractivity contribution is 7.89. The number of aromatic carboxylic acids is 1. The highest BCUT2D eigenvalue weighted by Gasteiger charge is 2.16. The predicted octanol–water partition coefficient (Wildman–Crippen LogP) is 0.606. The van der Waals surface area contributed by atoms with Crippen LogP contribution in [0, 0.1) is 6.92 Å². The molecule has 0 aliphatic rings. The molecule has 7 nitrogen and oxygen atoms in total. The van der Waals surface area contributed by atoms with E-state index in [1.807, 2.05) is 0 Å². The molecule has 2 N–H and O–H groups in total. The minimum Gasteiger partial charge on any atom is -0.477 e. The van der Waals surface area contributed by atoms with Gasteiger partial charge in [-0.05, 0) is 13.8 Å². The monoisotopic (exact) mass is 308 g/mol. The largest absolute Gasteiger partial charge is 0.477 e. The third kappa shape index (κ3) is 5.23. The van der Waals surface area contributed by atoms with Gasteiger partial charge in [-0.3, -0.25) is 0 Å². The number of aromatic nitrogens is 1. The topological polar surface area (TPSA) is 106 Å². The first-order chi connectivity index (χ1) is 8.85. The zero-order valence-electron chi connectivity index (χ0n) is 10.7. The maximum Gasteiger partial charge on any atom is 0.347 e. The number of carboxylic acid groups (broad SMARTS) is 1. The predicted molar refractivity (Wildman–Crippen MR) is 70.9 cm³/mol. The van der Waals surface area contributed by atoms with Gasteiger partial charge >= 0.3 is 5.97 Å². The molecule has 0 unspecified atom stereocenters. The van der Waals surface area contributed by atoms with E-state index in [0.29, 0.717) is 17.3 Å². The van der Waals surface area contributed by atoms with Gasteiger partial charge in [0.05, 0.1) is 24.6 Å². The van der Waals surface area contributed by atoms with Crippen LogP contribution in [-0.4, -0.2) is 43.4 Å². The molecular weight excluding hydrogens is 292 g/mol. The Balaban J connectivity index is 2.57. The summed E-state index contributed by atoms with van der Waals surface area (Å²) in [4.78, 5) is 15.0. The van der Waals surface area contributed by atoms with Crippen LogP contribution in [0.25, 0.3) is 0 Å². The Morgan fingerprint density at radius 2 is 2.21 bits per heavy atom. The van der Waals surface area contributed by atoms with Crippen molar-refractivity contribution in [3.8, 4) is 0 Å². The molecule has 0 amide bonds. The summed E-state index contributed by atoms with van der Waals surface area (Å²) in [6.07, 6.45) is 0. The quantitative estimate of drug-likeness (QED) is 0.681. The smallest absolute Gasteiger partial charge is 0.347 e. The van der Waals surface area contributed by atoms with Gasteiger partial charge in [0.1, 0.15) is 9.88 Å². The fraction of sp³-hybridized carbons (Fsp3) is 0.600. The summed E-state index contributed by atoms with van der Waals surface area (Å²) in [6.45, 7) is 3.94. The molecule has 19 heavy (non-hydrogen) atoms. The van der Waals surface area contributed by atoms with Gasteiger partial charge in [0.25, 0.3) is 0 Å². The lowest BCUT2D eigenvalue weighted by molar-refractivity contribution is 0.0701. The van der Waals surface area contributed by atoms with Crippen LogP contribution in [-0.2, 0) is 21.3 Å². The van der Waals surface area contributed by atoms with Crippen LogP contribution in [0.15, 0.2) is 0 Å². The Morgan fingerprint density at radius 1 is 1.53 bits per heavy atom. The molecule has 0 radical (unpaired) electrons. The van der Waals surface area contributed by atoms with E-state index < -0.39 is 16.0 Å². The van der Waals surface area contributed by atoms with Gasteiger partial charge < -0.3 is 9.84 Å². The molecule has 9 heteroatoms. The van der Waals surface area contributed by atoms with Crippen LogP contribution in [0.5, 0.6) is 0 Å². The molecule has 0 bridgehead atoms. The molecule has 1 aromatic rings. The first kappa shape index (κ1) is 16.0. The van der Waals surface area contributed by atoms with E-state index in [1.165, 1.54) is 0 Å².